The lowest BCUT2D eigenvalue weighted by Gasteiger charge is -2.28. The van der Waals surface area contributed by atoms with Gasteiger partial charge in [0.15, 0.2) is 0 Å². The smallest absolute Gasteiger partial charge is 0.0721 e. The predicted octanol–water partition coefficient (Wildman–Crippen LogP) is 2.09. The maximum Gasteiger partial charge on any atom is 0.0721 e. The summed E-state index contributed by atoms with van der Waals surface area (Å²) in [5.41, 5.74) is 5.55. The van der Waals surface area contributed by atoms with Crippen LogP contribution < -0.4 is 5.32 Å². The lowest BCUT2D eigenvalue weighted by Crippen LogP contribution is -2.28. The Kier molecular flexibility index (Phi) is 2.57. The van der Waals surface area contributed by atoms with Crippen LogP contribution in [-0.4, -0.2) is 13.7 Å². The monoisotopic (exact) mass is 191 g/mol. The SMILES string of the molecule is CNC1COCc2ccc(C)c(C)c21. The molecule has 76 valence electrons. The average molecular weight is 191 g/mol. The van der Waals surface area contributed by atoms with E-state index in [2.05, 4.69) is 31.3 Å². The highest BCUT2D eigenvalue weighted by molar-refractivity contribution is 5.42. The van der Waals surface area contributed by atoms with Gasteiger partial charge in [-0.15, -0.1) is 0 Å². The molecule has 0 amide bonds. The van der Waals surface area contributed by atoms with E-state index in [4.69, 9.17) is 4.74 Å². The summed E-state index contributed by atoms with van der Waals surface area (Å²) in [6.45, 7) is 5.91. The van der Waals surface area contributed by atoms with Crippen LogP contribution in [0.3, 0.4) is 0 Å². The van der Waals surface area contributed by atoms with Gasteiger partial charge >= 0.3 is 0 Å². The molecule has 0 aliphatic carbocycles. The van der Waals surface area contributed by atoms with E-state index in [0.717, 1.165) is 13.2 Å². The maximum absolute atomic E-state index is 5.53. The van der Waals surface area contributed by atoms with Gasteiger partial charge in [-0.25, -0.2) is 0 Å². The van der Waals surface area contributed by atoms with Gasteiger partial charge in [0.05, 0.1) is 19.3 Å². The number of ether oxygens (including phenoxy) is 1. The van der Waals surface area contributed by atoms with E-state index in [1.807, 2.05) is 7.05 Å². The number of benzene rings is 1. The van der Waals surface area contributed by atoms with Crippen LogP contribution in [0.5, 0.6) is 0 Å². The molecule has 2 nitrogen and oxygen atoms in total. The first-order valence-electron chi connectivity index (χ1n) is 5.08. The van der Waals surface area contributed by atoms with E-state index in [1.54, 1.807) is 0 Å². The zero-order chi connectivity index (χ0) is 10.1. The standard InChI is InChI=1S/C12H17NO/c1-8-4-5-10-6-14-7-11(13-3)12(10)9(8)2/h4-5,11,13H,6-7H2,1-3H3. The Morgan fingerprint density at radius 2 is 2.14 bits per heavy atom. The highest BCUT2D eigenvalue weighted by atomic mass is 16.5. The largest absolute Gasteiger partial charge is 0.375 e. The molecule has 14 heavy (non-hydrogen) atoms. The molecule has 1 heterocycles. The number of fused-ring (bicyclic) bond motifs is 1. The van der Waals surface area contributed by atoms with Gasteiger partial charge in [0.25, 0.3) is 0 Å². The van der Waals surface area contributed by atoms with Gasteiger partial charge in [0.2, 0.25) is 0 Å². The van der Waals surface area contributed by atoms with Crippen LogP contribution in [0.25, 0.3) is 0 Å². The van der Waals surface area contributed by atoms with Gasteiger partial charge in [-0.3, -0.25) is 0 Å². The molecule has 1 atom stereocenters. The quantitative estimate of drug-likeness (QED) is 0.734. The Morgan fingerprint density at radius 1 is 1.36 bits per heavy atom. The van der Waals surface area contributed by atoms with Crippen LogP contribution in [0.1, 0.15) is 28.3 Å². The molecule has 1 N–H and O–H groups in total. The molecule has 1 aromatic rings. The molecule has 0 saturated carbocycles. The number of rotatable bonds is 1. The van der Waals surface area contributed by atoms with Gasteiger partial charge in [-0.1, -0.05) is 12.1 Å². The Hall–Kier alpha value is -0.860. The maximum atomic E-state index is 5.53. The van der Waals surface area contributed by atoms with Crippen molar-refractivity contribution in [2.45, 2.75) is 26.5 Å². The summed E-state index contributed by atoms with van der Waals surface area (Å²) in [6, 6.07) is 4.72. The molecule has 0 aromatic heterocycles. The molecule has 0 spiro atoms. The van der Waals surface area contributed by atoms with Gasteiger partial charge in [0, 0.05) is 0 Å². The molecule has 2 heteroatoms. The molecule has 1 aliphatic rings. The second kappa shape index (κ2) is 3.71. The Bertz CT molecular complexity index is 346. The minimum atomic E-state index is 0.360. The van der Waals surface area contributed by atoms with Crippen molar-refractivity contribution in [1.29, 1.82) is 0 Å². The molecule has 0 saturated heterocycles. The molecule has 2 rings (SSSR count). The van der Waals surface area contributed by atoms with Crippen molar-refractivity contribution in [2.75, 3.05) is 13.7 Å². The van der Waals surface area contributed by atoms with Crippen molar-refractivity contribution in [3.63, 3.8) is 0 Å². The summed E-state index contributed by atoms with van der Waals surface area (Å²) in [6.07, 6.45) is 0. The third kappa shape index (κ3) is 1.45. The van der Waals surface area contributed by atoms with Crippen LogP contribution in [0.2, 0.25) is 0 Å². The number of hydrogen-bond donors (Lipinski definition) is 1. The summed E-state index contributed by atoms with van der Waals surface area (Å²) in [5.74, 6) is 0. The fourth-order valence-electron chi connectivity index (χ4n) is 2.10. The molecular formula is C12H17NO. The second-order valence-electron chi connectivity index (χ2n) is 3.94. The molecule has 0 bridgehead atoms. The molecule has 0 fully saturated rings. The summed E-state index contributed by atoms with van der Waals surface area (Å²) in [5, 5.41) is 3.30. The summed E-state index contributed by atoms with van der Waals surface area (Å²) < 4.78 is 5.53. The predicted molar refractivity (Wildman–Crippen MR) is 57.4 cm³/mol. The Morgan fingerprint density at radius 3 is 2.86 bits per heavy atom. The number of aryl methyl sites for hydroxylation is 1. The number of hydrogen-bond acceptors (Lipinski definition) is 2. The normalized spacial score (nSPS) is 20.6. The van der Waals surface area contributed by atoms with Gasteiger partial charge < -0.3 is 10.1 Å². The Balaban J connectivity index is 2.53. The average Bonchev–Trinajstić information content (AvgIpc) is 2.23. The van der Waals surface area contributed by atoms with E-state index in [-0.39, 0.29) is 0 Å². The summed E-state index contributed by atoms with van der Waals surface area (Å²) >= 11 is 0. The topological polar surface area (TPSA) is 21.3 Å². The summed E-state index contributed by atoms with van der Waals surface area (Å²) in [4.78, 5) is 0. The van der Waals surface area contributed by atoms with E-state index in [9.17, 15) is 0 Å². The fourth-order valence-corrected chi connectivity index (χ4v) is 2.10. The summed E-state index contributed by atoms with van der Waals surface area (Å²) in [7, 11) is 1.99. The van der Waals surface area contributed by atoms with Crippen LogP contribution >= 0.6 is 0 Å². The van der Waals surface area contributed by atoms with Gasteiger partial charge in [-0.05, 0) is 43.1 Å². The van der Waals surface area contributed by atoms with E-state index < -0.39 is 0 Å². The minimum absolute atomic E-state index is 0.360. The number of likely N-dealkylation sites (N-methyl/N-ethyl adjacent to an activating group) is 1. The van der Waals surface area contributed by atoms with Crippen molar-refractivity contribution >= 4 is 0 Å². The molecule has 0 radical (unpaired) electrons. The first-order chi connectivity index (χ1) is 6.74. The van der Waals surface area contributed by atoms with E-state index >= 15 is 0 Å². The minimum Gasteiger partial charge on any atom is -0.375 e. The fraction of sp³-hybridized carbons (Fsp3) is 0.500. The van der Waals surface area contributed by atoms with Crippen LogP contribution in [0.4, 0.5) is 0 Å². The lowest BCUT2D eigenvalue weighted by molar-refractivity contribution is 0.0841. The zero-order valence-corrected chi connectivity index (χ0v) is 9.05. The van der Waals surface area contributed by atoms with Crippen LogP contribution in [0.15, 0.2) is 12.1 Å². The highest BCUT2D eigenvalue weighted by Gasteiger charge is 2.21. The van der Waals surface area contributed by atoms with Crippen LogP contribution in [-0.2, 0) is 11.3 Å². The van der Waals surface area contributed by atoms with Gasteiger partial charge in [-0.2, -0.15) is 0 Å². The first-order valence-corrected chi connectivity index (χ1v) is 5.08. The van der Waals surface area contributed by atoms with Crippen molar-refractivity contribution < 1.29 is 4.74 Å². The molecule has 1 aromatic carbocycles. The Labute approximate surface area is 85.3 Å². The second-order valence-corrected chi connectivity index (χ2v) is 3.94. The third-order valence-electron chi connectivity index (χ3n) is 3.11. The van der Waals surface area contributed by atoms with Crippen molar-refractivity contribution in [2.24, 2.45) is 0 Å². The van der Waals surface area contributed by atoms with E-state index in [1.165, 1.54) is 22.3 Å². The zero-order valence-electron chi connectivity index (χ0n) is 9.05. The molecule has 1 unspecified atom stereocenters. The first kappa shape index (κ1) is 9.69. The lowest BCUT2D eigenvalue weighted by atomic mass is 9.91. The molecule has 1 aliphatic heterocycles. The third-order valence-corrected chi connectivity index (χ3v) is 3.11. The van der Waals surface area contributed by atoms with Gasteiger partial charge in [0.1, 0.15) is 0 Å². The highest BCUT2D eigenvalue weighted by Crippen LogP contribution is 2.29. The van der Waals surface area contributed by atoms with E-state index in [0.29, 0.717) is 6.04 Å². The van der Waals surface area contributed by atoms with Crippen molar-refractivity contribution in [1.82, 2.24) is 5.32 Å². The number of nitrogens with one attached hydrogen (secondary N) is 1. The van der Waals surface area contributed by atoms with Crippen LogP contribution in [0, 0.1) is 13.8 Å². The van der Waals surface area contributed by atoms with Crippen molar-refractivity contribution in [3.05, 3.63) is 34.4 Å². The van der Waals surface area contributed by atoms with Crippen molar-refractivity contribution in [3.8, 4) is 0 Å². The molecular weight excluding hydrogens is 174 g/mol.